The predicted molar refractivity (Wildman–Crippen MR) is 119 cm³/mol. The van der Waals surface area contributed by atoms with E-state index in [2.05, 4.69) is 15.9 Å². The maximum Gasteiger partial charge on any atom is 0.416 e. The number of fused-ring (bicyclic) bond motifs is 2. The third kappa shape index (κ3) is 3.90. The molecule has 174 valence electrons. The summed E-state index contributed by atoms with van der Waals surface area (Å²) >= 11 is 0. The molecule has 2 aromatic carbocycles. The molecule has 3 fully saturated rings. The number of halogens is 3. The number of piperazine rings is 1. The topological polar surface area (TPSA) is 32.8 Å². The van der Waals surface area contributed by atoms with Crippen LogP contribution in [0.3, 0.4) is 0 Å². The number of carbonyl (C=O) groups is 1. The highest BCUT2D eigenvalue weighted by Gasteiger charge is 2.37. The van der Waals surface area contributed by atoms with Crippen LogP contribution in [-0.2, 0) is 17.3 Å². The van der Waals surface area contributed by atoms with Gasteiger partial charge in [-0.15, -0.1) is 0 Å². The van der Waals surface area contributed by atoms with E-state index >= 15 is 0 Å². The highest BCUT2D eigenvalue weighted by molar-refractivity contribution is 5.95. The van der Waals surface area contributed by atoms with Gasteiger partial charge in [-0.3, -0.25) is 4.90 Å². The summed E-state index contributed by atoms with van der Waals surface area (Å²) in [6.45, 7) is 4.16. The van der Waals surface area contributed by atoms with Crippen molar-refractivity contribution in [1.82, 2.24) is 4.90 Å². The van der Waals surface area contributed by atoms with Gasteiger partial charge in [0.25, 0.3) is 0 Å². The summed E-state index contributed by atoms with van der Waals surface area (Å²) in [5.74, 6) is -0.160. The lowest BCUT2D eigenvalue weighted by atomic mass is 9.93. The van der Waals surface area contributed by atoms with Crippen LogP contribution in [0.25, 0.3) is 0 Å². The standard InChI is InChI=1S/C26H27F3N2O2/c27-26(28,29)18-6-5-17(22(13-18)16-3-4-16)12-24-21-8-7-19(14-23(21)25(32)33-24)31-11-10-30-9-1-2-20(30)15-31/h5-8,13-14,16,20,24H,1-4,9-12,15H2. The molecule has 2 atom stereocenters. The second-order valence-corrected chi connectivity index (χ2v) is 9.83. The first kappa shape index (κ1) is 21.0. The summed E-state index contributed by atoms with van der Waals surface area (Å²) in [7, 11) is 0. The lowest BCUT2D eigenvalue weighted by Crippen LogP contribution is -2.50. The molecule has 0 spiro atoms. The lowest BCUT2D eigenvalue weighted by Gasteiger charge is -2.39. The van der Waals surface area contributed by atoms with Crippen molar-refractivity contribution < 1.29 is 22.7 Å². The molecule has 0 amide bonds. The van der Waals surface area contributed by atoms with E-state index in [0.29, 0.717) is 18.0 Å². The molecule has 2 saturated heterocycles. The van der Waals surface area contributed by atoms with Crippen LogP contribution >= 0.6 is 0 Å². The summed E-state index contributed by atoms with van der Waals surface area (Å²) in [4.78, 5) is 17.6. The second-order valence-electron chi connectivity index (χ2n) is 9.83. The number of cyclic esters (lactones) is 1. The molecule has 0 bridgehead atoms. The Balaban J connectivity index is 1.24. The number of benzene rings is 2. The molecular weight excluding hydrogens is 429 g/mol. The zero-order valence-electron chi connectivity index (χ0n) is 18.4. The van der Waals surface area contributed by atoms with Crippen molar-refractivity contribution in [1.29, 1.82) is 0 Å². The number of alkyl halides is 3. The average molecular weight is 457 g/mol. The fraction of sp³-hybridized carbons (Fsp3) is 0.500. The van der Waals surface area contributed by atoms with Crippen LogP contribution in [0.15, 0.2) is 36.4 Å². The summed E-state index contributed by atoms with van der Waals surface area (Å²) in [6, 6.07) is 10.6. The van der Waals surface area contributed by atoms with E-state index in [1.54, 1.807) is 6.07 Å². The molecule has 1 aliphatic carbocycles. The van der Waals surface area contributed by atoms with Crippen molar-refractivity contribution in [3.63, 3.8) is 0 Å². The van der Waals surface area contributed by atoms with Gasteiger partial charge >= 0.3 is 12.1 Å². The van der Waals surface area contributed by atoms with Crippen LogP contribution in [-0.4, -0.2) is 43.1 Å². The lowest BCUT2D eigenvalue weighted by molar-refractivity contribution is -0.137. The molecule has 0 N–H and O–H groups in total. The maximum absolute atomic E-state index is 13.2. The first-order chi connectivity index (χ1) is 15.9. The molecular formula is C26H27F3N2O2. The van der Waals surface area contributed by atoms with E-state index < -0.39 is 17.8 Å². The van der Waals surface area contributed by atoms with Gasteiger partial charge in [-0.2, -0.15) is 13.2 Å². The van der Waals surface area contributed by atoms with Gasteiger partial charge in [0, 0.05) is 43.3 Å². The van der Waals surface area contributed by atoms with Crippen molar-refractivity contribution in [3.05, 3.63) is 64.2 Å². The number of esters is 1. The Labute approximate surface area is 191 Å². The van der Waals surface area contributed by atoms with Crippen molar-refractivity contribution in [2.45, 2.75) is 56.3 Å². The molecule has 0 radical (unpaired) electrons. The molecule has 2 unspecified atom stereocenters. The number of hydrogen-bond acceptors (Lipinski definition) is 4. The molecule has 3 aliphatic heterocycles. The van der Waals surface area contributed by atoms with Crippen LogP contribution in [0.1, 0.15) is 70.3 Å². The van der Waals surface area contributed by atoms with Gasteiger partial charge < -0.3 is 9.64 Å². The molecule has 4 aliphatic rings. The van der Waals surface area contributed by atoms with Gasteiger partial charge in [0.15, 0.2) is 0 Å². The van der Waals surface area contributed by atoms with Gasteiger partial charge in [0.05, 0.1) is 11.1 Å². The van der Waals surface area contributed by atoms with E-state index in [4.69, 9.17) is 4.74 Å². The van der Waals surface area contributed by atoms with Crippen LogP contribution in [0.4, 0.5) is 18.9 Å². The highest BCUT2D eigenvalue weighted by atomic mass is 19.4. The van der Waals surface area contributed by atoms with Crippen LogP contribution in [0, 0.1) is 0 Å². The van der Waals surface area contributed by atoms with E-state index in [-0.39, 0.29) is 11.9 Å². The molecule has 6 rings (SSSR count). The first-order valence-corrected chi connectivity index (χ1v) is 11.9. The Morgan fingerprint density at radius 1 is 0.970 bits per heavy atom. The minimum atomic E-state index is -4.35. The van der Waals surface area contributed by atoms with Gasteiger partial charge in [-0.1, -0.05) is 12.1 Å². The van der Waals surface area contributed by atoms with Crippen LogP contribution in [0.5, 0.6) is 0 Å². The predicted octanol–water partition coefficient (Wildman–Crippen LogP) is 5.32. The Hall–Kier alpha value is -2.54. The Kier molecular flexibility index (Phi) is 4.94. The van der Waals surface area contributed by atoms with Gasteiger partial charge in [0.2, 0.25) is 0 Å². The Morgan fingerprint density at radius 2 is 1.82 bits per heavy atom. The number of rotatable bonds is 4. The van der Waals surface area contributed by atoms with Crippen molar-refractivity contribution >= 4 is 11.7 Å². The van der Waals surface area contributed by atoms with Gasteiger partial charge in [0.1, 0.15) is 6.10 Å². The number of ether oxygens (including phenoxy) is 1. The van der Waals surface area contributed by atoms with Gasteiger partial charge in [-0.05, 0) is 73.5 Å². The maximum atomic E-state index is 13.2. The molecule has 1 saturated carbocycles. The molecule has 33 heavy (non-hydrogen) atoms. The third-order valence-corrected chi connectivity index (χ3v) is 7.70. The van der Waals surface area contributed by atoms with E-state index in [1.807, 2.05) is 12.1 Å². The fourth-order valence-electron chi connectivity index (χ4n) is 5.76. The van der Waals surface area contributed by atoms with E-state index in [1.165, 1.54) is 25.5 Å². The Morgan fingerprint density at radius 3 is 2.61 bits per heavy atom. The summed E-state index contributed by atoms with van der Waals surface area (Å²) < 4.78 is 45.4. The van der Waals surface area contributed by atoms with Crippen molar-refractivity contribution in [2.75, 3.05) is 31.1 Å². The minimum absolute atomic E-state index is 0.176. The molecule has 7 heteroatoms. The number of hydrogen-bond donors (Lipinski definition) is 0. The smallest absolute Gasteiger partial charge is 0.416 e. The van der Waals surface area contributed by atoms with Gasteiger partial charge in [-0.25, -0.2) is 4.79 Å². The summed E-state index contributed by atoms with van der Waals surface area (Å²) in [5, 5.41) is 0. The van der Waals surface area contributed by atoms with E-state index in [0.717, 1.165) is 60.9 Å². The monoisotopic (exact) mass is 456 g/mol. The highest BCUT2D eigenvalue weighted by Crippen LogP contribution is 2.45. The van der Waals surface area contributed by atoms with Crippen molar-refractivity contribution in [3.8, 4) is 0 Å². The zero-order chi connectivity index (χ0) is 22.7. The number of nitrogens with zero attached hydrogens (tertiary/aromatic N) is 2. The quantitative estimate of drug-likeness (QED) is 0.583. The normalized spacial score (nSPS) is 25.2. The molecule has 2 aromatic rings. The summed E-state index contributed by atoms with van der Waals surface area (Å²) in [5.41, 5.74) is 3.46. The SMILES string of the molecule is O=C1OC(Cc2ccc(C(F)(F)F)cc2C2CC2)c2ccc(N3CCN4CCCC4C3)cc21. The second kappa shape index (κ2) is 7.76. The van der Waals surface area contributed by atoms with Crippen LogP contribution in [0.2, 0.25) is 0 Å². The van der Waals surface area contributed by atoms with E-state index in [9.17, 15) is 18.0 Å². The largest absolute Gasteiger partial charge is 0.454 e. The number of anilines is 1. The Bertz CT molecular complexity index is 1100. The summed E-state index contributed by atoms with van der Waals surface area (Å²) in [6.07, 6.45) is -0.106. The molecule has 4 nitrogen and oxygen atoms in total. The fourth-order valence-corrected chi connectivity index (χ4v) is 5.76. The van der Waals surface area contributed by atoms with Crippen LogP contribution < -0.4 is 4.90 Å². The third-order valence-electron chi connectivity index (χ3n) is 7.70. The first-order valence-electron chi connectivity index (χ1n) is 11.9. The average Bonchev–Trinajstić information content (AvgIpc) is 3.45. The number of carbonyl (C=O) groups excluding carboxylic acids is 1. The zero-order valence-corrected chi connectivity index (χ0v) is 18.4. The molecule has 3 heterocycles. The molecule has 0 aromatic heterocycles. The van der Waals surface area contributed by atoms with Crippen molar-refractivity contribution in [2.24, 2.45) is 0 Å². The minimum Gasteiger partial charge on any atom is -0.454 e.